The van der Waals surface area contributed by atoms with Crippen molar-refractivity contribution < 1.29 is 4.74 Å². The van der Waals surface area contributed by atoms with Crippen LogP contribution in [0.4, 0.5) is 0 Å². The Morgan fingerprint density at radius 3 is 2.34 bits per heavy atom. The number of morpholine rings is 1. The average molecular weight is 506 g/mol. The van der Waals surface area contributed by atoms with Gasteiger partial charge in [-0.25, -0.2) is 4.98 Å². The number of halogens is 1. The molecule has 5 rings (SSSR count). The highest BCUT2D eigenvalue weighted by Crippen LogP contribution is 2.40. The monoisotopic (exact) mass is 505 g/mol. The molecule has 0 radical (unpaired) electrons. The van der Waals surface area contributed by atoms with Crippen LogP contribution in [0.1, 0.15) is 22.8 Å². The molecule has 1 aromatic heterocycles. The molecule has 7 heteroatoms. The van der Waals surface area contributed by atoms with E-state index in [1.807, 2.05) is 59.2 Å². The van der Waals surface area contributed by atoms with Crippen LogP contribution >= 0.6 is 23.4 Å². The van der Waals surface area contributed by atoms with E-state index >= 15 is 0 Å². The Kier molecular flexibility index (Phi) is 7.84. The van der Waals surface area contributed by atoms with Gasteiger partial charge in [-0.2, -0.15) is 0 Å². The molecule has 1 saturated heterocycles. The normalized spacial score (nSPS) is 15.3. The molecule has 1 aliphatic heterocycles. The molecule has 35 heavy (non-hydrogen) atoms. The summed E-state index contributed by atoms with van der Waals surface area (Å²) in [7, 11) is 0. The maximum atomic E-state index is 13.6. The Morgan fingerprint density at radius 1 is 0.886 bits per heavy atom. The zero-order chi connectivity index (χ0) is 24.0. The van der Waals surface area contributed by atoms with Crippen LogP contribution in [0.2, 0.25) is 5.02 Å². The molecule has 0 N–H and O–H groups in total. The van der Waals surface area contributed by atoms with Crippen LogP contribution in [0, 0.1) is 0 Å². The predicted octanol–water partition coefficient (Wildman–Crippen LogP) is 5.65. The molecule has 0 unspecified atom stereocenters. The van der Waals surface area contributed by atoms with Crippen molar-refractivity contribution in [2.45, 2.75) is 23.4 Å². The Labute approximate surface area is 214 Å². The molecule has 0 spiro atoms. The largest absolute Gasteiger partial charge is 0.379 e. The Bertz CT molecular complexity index is 1320. The molecular formula is C28H28ClN3O2S. The van der Waals surface area contributed by atoms with Gasteiger partial charge in [0.25, 0.3) is 5.56 Å². The van der Waals surface area contributed by atoms with E-state index < -0.39 is 0 Å². The number of para-hydroxylation sites is 1. The van der Waals surface area contributed by atoms with Gasteiger partial charge in [-0.1, -0.05) is 78.0 Å². The van der Waals surface area contributed by atoms with Crippen LogP contribution in [-0.4, -0.2) is 47.3 Å². The van der Waals surface area contributed by atoms with Crippen molar-refractivity contribution in [3.05, 3.63) is 105 Å². The van der Waals surface area contributed by atoms with Crippen molar-refractivity contribution >= 4 is 34.3 Å². The highest BCUT2D eigenvalue weighted by Gasteiger charge is 2.21. The number of thioether (sulfide) groups is 1. The molecule has 1 fully saturated rings. The summed E-state index contributed by atoms with van der Waals surface area (Å²) in [6.07, 6.45) is 0.879. The lowest BCUT2D eigenvalue weighted by Gasteiger charge is -2.26. The lowest BCUT2D eigenvalue weighted by Crippen LogP contribution is -2.37. The first-order valence-electron chi connectivity index (χ1n) is 12.0. The van der Waals surface area contributed by atoms with Gasteiger partial charge >= 0.3 is 0 Å². The van der Waals surface area contributed by atoms with E-state index in [9.17, 15) is 4.79 Å². The van der Waals surface area contributed by atoms with Crippen LogP contribution in [0.25, 0.3) is 10.9 Å². The predicted molar refractivity (Wildman–Crippen MR) is 143 cm³/mol. The minimum absolute atomic E-state index is 0.0167. The summed E-state index contributed by atoms with van der Waals surface area (Å²) in [6.45, 7) is 5.00. The van der Waals surface area contributed by atoms with Crippen molar-refractivity contribution in [3.8, 4) is 0 Å². The number of hydrogen-bond donors (Lipinski definition) is 0. The first kappa shape index (κ1) is 24.1. The first-order valence-corrected chi connectivity index (χ1v) is 13.2. The maximum Gasteiger partial charge on any atom is 0.262 e. The molecule has 1 aliphatic rings. The SMILES string of the molecule is O=c1c2ccccc2nc(S[C@H](c2ccccc2)c2ccc(Cl)cc2)n1CCCN1CCOCC1. The van der Waals surface area contributed by atoms with E-state index in [0.717, 1.165) is 61.1 Å². The van der Waals surface area contributed by atoms with E-state index in [2.05, 4.69) is 29.2 Å². The number of rotatable bonds is 8. The summed E-state index contributed by atoms with van der Waals surface area (Å²) in [6, 6.07) is 25.9. The minimum atomic E-state index is -0.0213. The number of nitrogens with zero attached hydrogens (tertiary/aromatic N) is 3. The third-order valence-electron chi connectivity index (χ3n) is 6.28. The van der Waals surface area contributed by atoms with Gasteiger partial charge in [0.2, 0.25) is 0 Å². The topological polar surface area (TPSA) is 47.4 Å². The molecule has 1 atom stereocenters. The molecule has 4 aromatic rings. The molecule has 180 valence electrons. The quantitative estimate of drug-likeness (QED) is 0.228. The smallest absolute Gasteiger partial charge is 0.262 e. The van der Waals surface area contributed by atoms with Crippen LogP contribution in [0.3, 0.4) is 0 Å². The number of fused-ring (bicyclic) bond motifs is 1. The Morgan fingerprint density at radius 2 is 1.57 bits per heavy atom. The van der Waals surface area contributed by atoms with Crippen molar-refractivity contribution in [1.82, 2.24) is 14.5 Å². The van der Waals surface area contributed by atoms with Crippen LogP contribution in [0.5, 0.6) is 0 Å². The zero-order valence-electron chi connectivity index (χ0n) is 19.5. The summed E-state index contributed by atoms with van der Waals surface area (Å²) >= 11 is 7.80. The van der Waals surface area contributed by atoms with Crippen LogP contribution < -0.4 is 5.56 Å². The molecule has 2 heterocycles. The summed E-state index contributed by atoms with van der Waals surface area (Å²) in [5.41, 5.74) is 3.02. The minimum Gasteiger partial charge on any atom is -0.379 e. The van der Waals surface area contributed by atoms with Gasteiger partial charge in [-0.05, 0) is 41.8 Å². The van der Waals surface area contributed by atoms with Crippen LogP contribution in [0.15, 0.2) is 88.8 Å². The summed E-state index contributed by atoms with van der Waals surface area (Å²) in [5.74, 6) is 0. The number of benzene rings is 3. The van der Waals surface area contributed by atoms with Gasteiger partial charge in [0.1, 0.15) is 0 Å². The third-order valence-corrected chi connectivity index (χ3v) is 7.84. The van der Waals surface area contributed by atoms with Gasteiger partial charge in [-0.15, -0.1) is 0 Å². The summed E-state index contributed by atoms with van der Waals surface area (Å²) in [5, 5.41) is 2.08. The van der Waals surface area contributed by atoms with E-state index in [1.54, 1.807) is 11.8 Å². The lowest BCUT2D eigenvalue weighted by atomic mass is 10.0. The number of hydrogen-bond acceptors (Lipinski definition) is 5. The second-order valence-corrected chi connectivity index (χ2v) is 10.1. The van der Waals surface area contributed by atoms with Gasteiger partial charge in [0.05, 0.1) is 29.4 Å². The molecule has 5 nitrogen and oxygen atoms in total. The Hall–Kier alpha value is -2.64. The molecule has 3 aromatic carbocycles. The summed E-state index contributed by atoms with van der Waals surface area (Å²) in [4.78, 5) is 21.0. The molecular weight excluding hydrogens is 478 g/mol. The standard InChI is InChI=1S/C28H28ClN3O2S/c29-23-13-11-22(12-14-23)26(21-7-2-1-3-8-21)35-28-30-25-10-5-4-9-24(25)27(33)32(28)16-6-15-31-17-19-34-20-18-31/h1-5,7-14,26H,6,15-20H2/t26-/m1/s1. The molecule has 0 saturated carbocycles. The molecule has 0 aliphatic carbocycles. The van der Waals surface area contributed by atoms with E-state index in [1.165, 1.54) is 0 Å². The lowest BCUT2D eigenvalue weighted by molar-refractivity contribution is 0.0368. The molecule has 0 bridgehead atoms. The summed E-state index contributed by atoms with van der Waals surface area (Å²) < 4.78 is 7.33. The van der Waals surface area contributed by atoms with Gasteiger partial charge in [0, 0.05) is 31.2 Å². The van der Waals surface area contributed by atoms with Crippen LogP contribution in [-0.2, 0) is 11.3 Å². The van der Waals surface area contributed by atoms with Crippen molar-refractivity contribution in [2.24, 2.45) is 0 Å². The van der Waals surface area contributed by atoms with Gasteiger partial charge in [-0.3, -0.25) is 14.3 Å². The maximum absolute atomic E-state index is 13.6. The van der Waals surface area contributed by atoms with Crippen molar-refractivity contribution in [2.75, 3.05) is 32.8 Å². The van der Waals surface area contributed by atoms with Crippen molar-refractivity contribution in [3.63, 3.8) is 0 Å². The zero-order valence-corrected chi connectivity index (χ0v) is 21.0. The Balaban J connectivity index is 1.50. The number of aromatic nitrogens is 2. The fraction of sp³-hybridized carbons (Fsp3) is 0.286. The van der Waals surface area contributed by atoms with Gasteiger partial charge < -0.3 is 4.74 Å². The second kappa shape index (κ2) is 11.4. The average Bonchev–Trinajstić information content (AvgIpc) is 2.90. The highest BCUT2D eigenvalue weighted by atomic mass is 35.5. The third kappa shape index (κ3) is 5.78. The van der Waals surface area contributed by atoms with E-state index in [0.29, 0.717) is 17.0 Å². The van der Waals surface area contributed by atoms with Crippen molar-refractivity contribution in [1.29, 1.82) is 0 Å². The number of ether oxygens (including phenoxy) is 1. The first-order chi connectivity index (χ1) is 17.2. The fourth-order valence-electron chi connectivity index (χ4n) is 4.41. The molecule has 0 amide bonds. The van der Waals surface area contributed by atoms with E-state index in [4.69, 9.17) is 21.3 Å². The fourth-order valence-corrected chi connectivity index (χ4v) is 5.79. The second-order valence-electron chi connectivity index (χ2n) is 8.64. The van der Waals surface area contributed by atoms with Gasteiger partial charge in [0.15, 0.2) is 5.16 Å². The van der Waals surface area contributed by atoms with E-state index in [-0.39, 0.29) is 10.8 Å². The highest BCUT2D eigenvalue weighted by molar-refractivity contribution is 7.99.